The van der Waals surface area contributed by atoms with Gasteiger partial charge >= 0.3 is 11.9 Å². The molecule has 0 aromatic rings. The molecule has 0 aromatic carbocycles. The van der Waals surface area contributed by atoms with Crippen LogP contribution in [0, 0.1) is 0 Å². The van der Waals surface area contributed by atoms with E-state index in [1.54, 1.807) is 0 Å². The van der Waals surface area contributed by atoms with Gasteiger partial charge in [-0.1, -0.05) is 0 Å². The number of nitrogens with one attached hydrogen (secondary N) is 1. The lowest BCUT2D eigenvalue weighted by Crippen LogP contribution is -2.41. The van der Waals surface area contributed by atoms with Gasteiger partial charge in [-0.2, -0.15) is 11.8 Å². The normalized spacial score (nSPS) is 11.8. The van der Waals surface area contributed by atoms with Crippen LogP contribution in [-0.2, 0) is 14.4 Å². The van der Waals surface area contributed by atoms with Crippen molar-refractivity contribution < 1.29 is 24.6 Å². The highest BCUT2D eigenvalue weighted by molar-refractivity contribution is 7.98. The monoisotopic (exact) mass is 249 g/mol. The van der Waals surface area contributed by atoms with E-state index in [0.29, 0.717) is 12.2 Å². The fourth-order valence-corrected chi connectivity index (χ4v) is 1.45. The highest BCUT2D eigenvalue weighted by atomic mass is 32.2. The van der Waals surface area contributed by atoms with Gasteiger partial charge in [0, 0.05) is 6.42 Å². The molecule has 1 unspecified atom stereocenters. The van der Waals surface area contributed by atoms with Crippen LogP contribution < -0.4 is 5.32 Å². The summed E-state index contributed by atoms with van der Waals surface area (Å²) in [7, 11) is 0. The molecule has 3 N–H and O–H groups in total. The van der Waals surface area contributed by atoms with Crippen molar-refractivity contribution in [2.75, 3.05) is 12.0 Å². The molecule has 1 atom stereocenters. The van der Waals surface area contributed by atoms with Crippen molar-refractivity contribution in [3.8, 4) is 0 Å². The first-order valence-electron chi connectivity index (χ1n) is 4.70. The lowest BCUT2D eigenvalue weighted by atomic mass is 10.2. The quantitative estimate of drug-likeness (QED) is 0.566. The molecule has 16 heavy (non-hydrogen) atoms. The van der Waals surface area contributed by atoms with Crippen molar-refractivity contribution in [3.63, 3.8) is 0 Å². The van der Waals surface area contributed by atoms with Gasteiger partial charge in [0.1, 0.15) is 6.04 Å². The molecule has 1 amide bonds. The fraction of sp³-hybridized carbons (Fsp3) is 0.667. The second-order valence-corrected chi connectivity index (χ2v) is 4.12. The second-order valence-electron chi connectivity index (χ2n) is 3.13. The Morgan fingerprint density at radius 3 is 2.31 bits per heavy atom. The van der Waals surface area contributed by atoms with E-state index in [0.717, 1.165) is 0 Å². The Morgan fingerprint density at radius 2 is 1.88 bits per heavy atom. The molecule has 0 aromatic heterocycles. The SMILES string of the molecule is CSCCC(NC(=O)CCC(=O)O)C(=O)O. The molecular weight excluding hydrogens is 234 g/mol. The number of carbonyl (C=O) groups is 3. The molecule has 92 valence electrons. The van der Waals surface area contributed by atoms with Crippen LogP contribution in [-0.4, -0.2) is 46.1 Å². The largest absolute Gasteiger partial charge is 0.481 e. The molecule has 0 heterocycles. The number of hydrogen-bond donors (Lipinski definition) is 3. The zero-order valence-electron chi connectivity index (χ0n) is 8.93. The van der Waals surface area contributed by atoms with Gasteiger partial charge in [0.05, 0.1) is 6.42 Å². The van der Waals surface area contributed by atoms with Gasteiger partial charge in [-0.05, 0) is 18.4 Å². The maximum absolute atomic E-state index is 11.2. The number of aliphatic carboxylic acids is 2. The van der Waals surface area contributed by atoms with Gasteiger partial charge < -0.3 is 15.5 Å². The third-order valence-corrected chi connectivity index (χ3v) is 2.45. The molecule has 0 spiro atoms. The van der Waals surface area contributed by atoms with Crippen molar-refractivity contribution in [3.05, 3.63) is 0 Å². The molecule has 7 heteroatoms. The standard InChI is InChI=1S/C9H15NO5S/c1-16-5-4-6(9(14)15)10-7(11)2-3-8(12)13/h6H,2-5H2,1H3,(H,10,11)(H,12,13)(H,14,15). The first kappa shape index (κ1) is 14.8. The number of amides is 1. The summed E-state index contributed by atoms with van der Waals surface area (Å²) < 4.78 is 0. The highest BCUT2D eigenvalue weighted by Crippen LogP contribution is 2.02. The Kier molecular flexibility index (Phi) is 7.36. The van der Waals surface area contributed by atoms with Gasteiger partial charge in [-0.3, -0.25) is 9.59 Å². The van der Waals surface area contributed by atoms with Gasteiger partial charge in [0.15, 0.2) is 0 Å². The summed E-state index contributed by atoms with van der Waals surface area (Å²) in [6, 6.07) is -0.936. The van der Waals surface area contributed by atoms with Crippen LogP contribution in [0.5, 0.6) is 0 Å². The van der Waals surface area contributed by atoms with Crippen LogP contribution >= 0.6 is 11.8 Å². The van der Waals surface area contributed by atoms with E-state index in [4.69, 9.17) is 10.2 Å². The van der Waals surface area contributed by atoms with Crippen LogP contribution in [0.3, 0.4) is 0 Å². The molecule has 0 aliphatic rings. The molecule has 0 rings (SSSR count). The van der Waals surface area contributed by atoms with Gasteiger partial charge in [-0.25, -0.2) is 4.79 Å². The minimum Gasteiger partial charge on any atom is -0.481 e. The topological polar surface area (TPSA) is 104 Å². The van der Waals surface area contributed by atoms with Crippen molar-refractivity contribution in [1.82, 2.24) is 5.32 Å². The summed E-state index contributed by atoms with van der Waals surface area (Å²) in [5.74, 6) is -2.10. The van der Waals surface area contributed by atoms with E-state index in [9.17, 15) is 14.4 Å². The number of carboxylic acids is 2. The maximum Gasteiger partial charge on any atom is 0.326 e. The van der Waals surface area contributed by atoms with Crippen LogP contribution in [0.4, 0.5) is 0 Å². The average molecular weight is 249 g/mol. The van der Waals surface area contributed by atoms with Crippen molar-refractivity contribution in [1.29, 1.82) is 0 Å². The van der Waals surface area contributed by atoms with Gasteiger partial charge in [-0.15, -0.1) is 0 Å². The molecule has 6 nitrogen and oxygen atoms in total. The summed E-state index contributed by atoms with van der Waals surface area (Å²) in [5.41, 5.74) is 0. The third kappa shape index (κ3) is 7.10. The Labute approximate surface area is 97.4 Å². The summed E-state index contributed by atoms with van der Waals surface area (Å²) in [5, 5.41) is 19.4. The summed E-state index contributed by atoms with van der Waals surface area (Å²) in [4.78, 5) is 32.1. The summed E-state index contributed by atoms with van der Waals surface area (Å²) >= 11 is 1.48. The van der Waals surface area contributed by atoms with Gasteiger partial charge in [0.25, 0.3) is 0 Å². The van der Waals surface area contributed by atoms with Gasteiger partial charge in [0.2, 0.25) is 5.91 Å². The average Bonchev–Trinajstić information content (AvgIpc) is 2.20. The molecule has 0 radical (unpaired) electrons. The number of hydrogen-bond acceptors (Lipinski definition) is 4. The second kappa shape index (κ2) is 7.98. The van der Waals surface area contributed by atoms with Crippen molar-refractivity contribution in [2.24, 2.45) is 0 Å². The predicted octanol–water partition coefficient (Wildman–Crippen LogP) is 0.174. The van der Waals surface area contributed by atoms with E-state index in [-0.39, 0.29) is 12.8 Å². The minimum atomic E-state index is -1.10. The number of carbonyl (C=O) groups excluding carboxylic acids is 1. The van der Waals surface area contributed by atoms with E-state index >= 15 is 0 Å². The molecule has 0 fully saturated rings. The van der Waals surface area contributed by atoms with Crippen molar-refractivity contribution >= 4 is 29.6 Å². The molecule has 0 bridgehead atoms. The van der Waals surface area contributed by atoms with E-state index in [1.807, 2.05) is 6.26 Å². The van der Waals surface area contributed by atoms with E-state index in [1.165, 1.54) is 11.8 Å². The summed E-state index contributed by atoms with van der Waals surface area (Å²) in [6.45, 7) is 0. The molecule has 0 saturated carbocycles. The Morgan fingerprint density at radius 1 is 1.25 bits per heavy atom. The third-order valence-electron chi connectivity index (χ3n) is 1.81. The Balaban J connectivity index is 4.02. The van der Waals surface area contributed by atoms with Crippen LogP contribution in [0.2, 0.25) is 0 Å². The zero-order valence-corrected chi connectivity index (χ0v) is 9.75. The van der Waals surface area contributed by atoms with Crippen LogP contribution in [0.15, 0.2) is 0 Å². The number of rotatable bonds is 8. The number of thioether (sulfide) groups is 1. The maximum atomic E-state index is 11.2. The lowest BCUT2D eigenvalue weighted by Gasteiger charge is -2.13. The van der Waals surface area contributed by atoms with Crippen LogP contribution in [0.25, 0.3) is 0 Å². The molecule has 0 aliphatic carbocycles. The Bertz CT molecular complexity index is 269. The lowest BCUT2D eigenvalue weighted by molar-refractivity contribution is -0.142. The van der Waals surface area contributed by atoms with Crippen molar-refractivity contribution in [2.45, 2.75) is 25.3 Å². The van der Waals surface area contributed by atoms with E-state index in [2.05, 4.69) is 5.32 Å². The van der Waals surface area contributed by atoms with Crippen LogP contribution in [0.1, 0.15) is 19.3 Å². The molecule has 0 saturated heterocycles. The predicted molar refractivity (Wildman–Crippen MR) is 59.4 cm³/mol. The Hall–Kier alpha value is -1.24. The first-order chi connectivity index (χ1) is 7.47. The fourth-order valence-electron chi connectivity index (χ4n) is 0.980. The smallest absolute Gasteiger partial charge is 0.326 e. The first-order valence-corrected chi connectivity index (χ1v) is 6.09. The molecule has 0 aliphatic heterocycles. The minimum absolute atomic E-state index is 0.196. The zero-order chi connectivity index (χ0) is 12.6. The highest BCUT2D eigenvalue weighted by Gasteiger charge is 2.19. The number of carboxylic acid groups (broad SMARTS) is 2. The molecular formula is C9H15NO5S. The van der Waals surface area contributed by atoms with E-state index < -0.39 is 23.9 Å². The summed E-state index contributed by atoms with van der Waals surface area (Å²) in [6.07, 6.45) is 1.68.